The molecule has 1 saturated carbocycles. The molecular formula is C14H22N2. The van der Waals surface area contributed by atoms with Crippen LogP contribution in [0.5, 0.6) is 0 Å². The molecule has 0 N–H and O–H groups in total. The predicted molar refractivity (Wildman–Crippen MR) is 67.3 cm³/mol. The van der Waals surface area contributed by atoms with Crippen molar-refractivity contribution in [3.63, 3.8) is 0 Å². The molecule has 2 heteroatoms. The first-order chi connectivity index (χ1) is 7.74. The van der Waals surface area contributed by atoms with Crippen LogP contribution in [-0.2, 0) is 6.54 Å². The van der Waals surface area contributed by atoms with Crippen molar-refractivity contribution >= 4 is 0 Å². The Balaban J connectivity index is 1.81. The molecule has 0 bridgehead atoms. The second-order valence-corrected chi connectivity index (χ2v) is 5.17. The maximum Gasteiger partial charge on any atom is 0.0544 e. The number of rotatable bonds is 4. The molecule has 1 aliphatic rings. The van der Waals surface area contributed by atoms with Gasteiger partial charge >= 0.3 is 0 Å². The predicted octanol–water partition coefficient (Wildman–Crippen LogP) is 3.01. The normalized spacial score (nSPS) is 17.2. The Morgan fingerprint density at radius 1 is 1.31 bits per heavy atom. The lowest BCUT2D eigenvalue weighted by atomic mass is 10.1. The van der Waals surface area contributed by atoms with E-state index in [9.17, 15) is 0 Å². The minimum absolute atomic E-state index is 0.926. The molecule has 0 unspecified atom stereocenters. The summed E-state index contributed by atoms with van der Waals surface area (Å²) >= 11 is 0. The third-order valence-corrected chi connectivity index (χ3v) is 3.45. The minimum atomic E-state index is 0.926. The lowest BCUT2D eigenvalue weighted by Crippen LogP contribution is -2.24. The molecule has 88 valence electrons. The Morgan fingerprint density at radius 2 is 2.06 bits per heavy atom. The van der Waals surface area contributed by atoms with E-state index < -0.39 is 0 Å². The topological polar surface area (TPSA) is 16.1 Å². The Labute approximate surface area is 98.7 Å². The van der Waals surface area contributed by atoms with Gasteiger partial charge in [-0.05, 0) is 44.4 Å². The van der Waals surface area contributed by atoms with E-state index in [2.05, 4.69) is 36.0 Å². The molecule has 0 saturated heterocycles. The van der Waals surface area contributed by atoms with Crippen molar-refractivity contribution in [1.29, 1.82) is 0 Å². The van der Waals surface area contributed by atoms with Gasteiger partial charge in [-0.15, -0.1) is 0 Å². The maximum absolute atomic E-state index is 4.45. The minimum Gasteiger partial charge on any atom is -0.300 e. The van der Waals surface area contributed by atoms with E-state index in [-0.39, 0.29) is 0 Å². The van der Waals surface area contributed by atoms with Crippen LogP contribution in [-0.4, -0.2) is 23.5 Å². The van der Waals surface area contributed by atoms with Crippen molar-refractivity contribution < 1.29 is 0 Å². The van der Waals surface area contributed by atoms with Gasteiger partial charge in [-0.2, -0.15) is 0 Å². The largest absolute Gasteiger partial charge is 0.300 e. The number of aryl methyl sites for hydroxylation is 1. The van der Waals surface area contributed by atoms with Gasteiger partial charge in [0.15, 0.2) is 0 Å². The second kappa shape index (κ2) is 5.44. The van der Waals surface area contributed by atoms with Crippen LogP contribution in [0.2, 0.25) is 0 Å². The monoisotopic (exact) mass is 218 g/mol. The zero-order chi connectivity index (χ0) is 11.4. The van der Waals surface area contributed by atoms with Gasteiger partial charge < -0.3 is 4.90 Å². The Morgan fingerprint density at radius 3 is 2.69 bits per heavy atom. The van der Waals surface area contributed by atoms with Crippen molar-refractivity contribution in [2.45, 2.75) is 39.2 Å². The van der Waals surface area contributed by atoms with Crippen LogP contribution >= 0.6 is 0 Å². The quantitative estimate of drug-likeness (QED) is 0.772. The lowest BCUT2D eigenvalue weighted by molar-refractivity contribution is 0.268. The molecule has 2 nitrogen and oxygen atoms in total. The Bertz CT molecular complexity index is 312. The fourth-order valence-electron chi connectivity index (χ4n) is 2.57. The summed E-state index contributed by atoms with van der Waals surface area (Å²) in [5, 5.41) is 0. The van der Waals surface area contributed by atoms with Gasteiger partial charge in [-0.25, -0.2) is 0 Å². The van der Waals surface area contributed by atoms with Gasteiger partial charge in [0.2, 0.25) is 0 Å². The van der Waals surface area contributed by atoms with Gasteiger partial charge in [-0.1, -0.05) is 18.9 Å². The highest BCUT2D eigenvalue weighted by atomic mass is 15.1. The zero-order valence-corrected chi connectivity index (χ0v) is 10.4. The summed E-state index contributed by atoms with van der Waals surface area (Å²) in [6.45, 7) is 4.30. The van der Waals surface area contributed by atoms with Crippen LogP contribution in [0.25, 0.3) is 0 Å². The summed E-state index contributed by atoms with van der Waals surface area (Å²) in [5.74, 6) is 0.926. The number of hydrogen-bond donors (Lipinski definition) is 0. The smallest absolute Gasteiger partial charge is 0.0544 e. The molecule has 16 heavy (non-hydrogen) atoms. The second-order valence-electron chi connectivity index (χ2n) is 5.17. The molecule has 1 heterocycles. The highest BCUT2D eigenvalue weighted by Crippen LogP contribution is 2.25. The SMILES string of the molecule is Cc1ccc(CN(C)CC2CCCC2)nc1. The highest BCUT2D eigenvalue weighted by Gasteiger charge is 2.16. The highest BCUT2D eigenvalue weighted by molar-refractivity contribution is 5.11. The van der Waals surface area contributed by atoms with Gasteiger partial charge in [0.05, 0.1) is 5.69 Å². The van der Waals surface area contributed by atoms with E-state index >= 15 is 0 Å². The van der Waals surface area contributed by atoms with Gasteiger partial charge in [-0.3, -0.25) is 4.98 Å². The molecule has 0 aliphatic heterocycles. The molecule has 1 aromatic rings. The molecule has 0 aromatic carbocycles. The van der Waals surface area contributed by atoms with E-state index in [0.29, 0.717) is 0 Å². The fraction of sp³-hybridized carbons (Fsp3) is 0.643. The third kappa shape index (κ3) is 3.31. The summed E-state index contributed by atoms with van der Waals surface area (Å²) in [6, 6.07) is 4.28. The van der Waals surface area contributed by atoms with E-state index in [4.69, 9.17) is 0 Å². The van der Waals surface area contributed by atoms with Crippen LogP contribution in [0.3, 0.4) is 0 Å². The van der Waals surface area contributed by atoms with Gasteiger partial charge in [0.25, 0.3) is 0 Å². The summed E-state index contributed by atoms with van der Waals surface area (Å²) in [4.78, 5) is 6.86. The van der Waals surface area contributed by atoms with Crippen LogP contribution in [0.4, 0.5) is 0 Å². The standard InChI is InChI=1S/C14H22N2/c1-12-7-8-14(15-9-12)11-16(2)10-13-5-3-4-6-13/h7-9,13H,3-6,10-11H2,1-2H3. The fourth-order valence-corrected chi connectivity index (χ4v) is 2.57. The Kier molecular flexibility index (Phi) is 3.94. The first-order valence-electron chi connectivity index (χ1n) is 6.34. The van der Waals surface area contributed by atoms with Crippen LogP contribution in [0.15, 0.2) is 18.3 Å². The zero-order valence-electron chi connectivity index (χ0n) is 10.4. The van der Waals surface area contributed by atoms with E-state index in [1.807, 2.05) is 6.20 Å². The number of pyridine rings is 1. The summed E-state index contributed by atoms with van der Waals surface area (Å²) in [6.07, 6.45) is 7.67. The molecule has 1 fully saturated rings. The average Bonchev–Trinajstić information content (AvgIpc) is 2.74. The molecule has 2 rings (SSSR count). The first-order valence-corrected chi connectivity index (χ1v) is 6.34. The molecule has 0 atom stereocenters. The van der Waals surface area contributed by atoms with Crippen molar-refractivity contribution in [3.05, 3.63) is 29.6 Å². The molecule has 0 radical (unpaired) electrons. The van der Waals surface area contributed by atoms with E-state index in [1.165, 1.54) is 43.5 Å². The number of aromatic nitrogens is 1. The molecular weight excluding hydrogens is 196 g/mol. The van der Waals surface area contributed by atoms with Gasteiger partial charge in [0, 0.05) is 19.3 Å². The van der Waals surface area contributed by atoms with E-state index in [1.54, 1.807) is 0 Å². The molecule has 0 spiro atoms. The van der Waals surface area contributed by atoms with Crippen LogP contribution in [0, 0.1) is 12.8 Å². The van der Waals surface area contributed by atoms with Crippen LogP contribution < -0.4 is 0 Å². The summed E-state index contributed by atoms with van der Waals surface area (Å²) in [7, 11) is 2.21. The first kappa shape index (κ1) is 11.6. The maximum atomic E-state index is 4.45. The number of nitrogens with zero attached hydrogens (tertiary/aromatic N) is 2. The lowest BCUT2D eigenvalue weighted by Gasteiger charge is -2.20. The van der Waals surface area contributed by atoms with Crippen LogP contribution in [0.1, 0.15) is 36.9 Å². The summed E-state index contributed by atoms with van der Waals surface area (Å²) in [5.41, 5.74) is 2.42. The average molecular weight is 218 g/mol. The Hall–Kier alpha value is -0.890. The van der Waals surface area contributed by atoms with Gasteiger partial charge in [0.1, 0.15) is 0 Å². The van der Waals surface area contributed by atoms with Crippen molar-refractivity contribution in [2.75, 3.05) is 13.6 Å². The van der Waals surface area contributed by atoms with Crippen molar-refractivity contribution in [2.24, 2.45) is 5.92 Å². The molecule has 1 aliphatic carbocycles. The van der Waals surface area contributed by atoms with Crippen molar-refractivity contribution in [3.8, 4) is 0 Å². The molecule has 0 amide bonds. The number of hydrogen-bond acceptors (Lipinski definition) is 2. The third-order valence-electron chi connectivity index (χ3n) is 3.45. The molecule has 1 aromatic heterocycles. The van der Waals surface area contributed by atoms with Crippen molar-refractivity contribution in [1.82, 2.24) is 9.88 Å². The van der Waals surface area contributed by atoms with E-state index in [0.717, 1.165) is 12.5 Å². The summed E-state index contributed by atoms with van der Waals surface area (Å²) < 4.78 is 0.